The summed E-state index contributed by atoms with van der Waals surface area (Å²) in [7, 11) is 0. The molecule has 2 aromatic rings. The Morgan fingerprint density at radius 2 is 2.29 bits per heavy atom. The maximum atomic E-state index is 12.5. The molecule has 0 fully saturated rings. The van der Waals surface area contributed by atoms with Gasteiger partial charge in [0.05, 0.1) is 11.6 Å². The summed E-state index contributed by atoms with van der Waals surface area (Å²) in [6.45, 7) is 3.75. The monoisotopic (exact) mass is 327 g/mol. The number of pyridine rings is 1. The van der Waals surface area contributed by atoms with Crippen LogP contribution in [0.3, 0.4) is 0 Å². The lowest BCUT2D eigenvalue weighted by Crippen LogP contribution is -2.50. The van der Waals surface area contributed by atoms with Crippen molar-refractivity contribution in [3.63, 3.8) is 0 Å². The van der Waals surface area contributed by atoms with Gasteiger partial charge in [-0.1, -0.05) is 6.07 Å². The van der Waals surface area contributed by atoms with Crippen LogP contribution in [0.25, 0.3) is 5.82 Å². The summed E-state index contributed by atoms with van der Waals surface area (Å²) in [6.07, 6.45) is 4.62. The minimum atomic E-state index is -0.359. The minimum absolute atomic E-state index is 0.249. The van der Waals surface area contributed by atoms with Crippen LogP contribution in [0.5, 0.6) is 0 Å². The first-order chi connectivity index (χ1) is 11.6. The lowest BCUT2D eigenvalue weighted by atomic mass is 10.0. The van der Waals surface area contributed by atoms with Crippen LogP contribution in [0.1, 0.15) is 19.4 Å². The topological polar surface area (TPSA) is 114 Å². The molecule has 0 saturated heterocycles. The van der Waals surface area contributed by atoms with E-state index in [4.69, 9.17) is 0 Å². The second-order valence-corrected chi connectivity index (χ2v) is 5.37. The van der Waals surface area contributed by atoms with Gasteiger partial charge in [0.2, 0.25) is 0 Å². The molecule has 3 N–H and O–H groups in total. The third-order valence-corrected chi connectivity index (χ3v) is 3.67. The van der Waals surface area contributed by atoms with Crippen LogP contribution in [0.15, 0.2) is 42.3 Å². The fourth-order valence-corrected chi connectivity index (χ4v) is 2.60. The fourth-order valence-electron chi connectivity index (χ4n) is 2.60. The van der Waals surface area contributed by atoms with Crippen molar-refractivity contribution in [3.8, 4) is 5.82 Å². The van der Waals surface area contributed by atoms with E-state index < -0.39 is 0 Å². The smallest absolute Gasteiger partial charge is 0.319 e. The molecule has 0 spiro atoms. The molecule has 124 valence electrons. The van der Waals surface area contributed by atoms with Crippen LogP contribution in [-0.4, -0.2) is 37.7 Å². The number of allylic oxidation sites excluding steroid dienone is 1. The highest BCUT2D eigenvalue weighted by molar-refractivity contribution is 5.98. The summed E-state index contributed by atoms with van der Waals surface area (Å²) in [4.78, 5) is 32.1. The second-order valence-electron chi connectivity index (χ2n) is 5.37. The standard InChI is InChI=1S/C15H17N7O2/c1-9-12(10(2)21-15(24)20-9)14(23)18-6-11-4-3-5-17-13(11)22-8-16-7-19-22/h3-5,7-9H,6H2,1-2H3,(H,18,23)(H2,20,21,24)/t9-/m1/s1. The van der Waals surface area contributed by atoms with E-state index in [0.717, 1.165) is 5.56 Å². The van der Waals surface area contributed by atoms with E-state index in [1.807, 2.05) is 6.07 Å². The zero-order valence-corrected chi connectivity index (χ0v) is 13.3. The number of nitrogens with zero attached hydrogens (tertiary/aromatic N) is 4. The first-order valence-electron chi connectivity index (χ1n) is 7.41. The van der Waals surface area contributed by atoms with Crippen molar-refractivity contribution in [1.82, 2.24) is 35.7 Å². The Morgan fingerprint density at radius 3 is 3.00 bits per heavy atom. The van der Waals surface area contributed by atoms with Gasteiger partial charge in [-0.05, 0) is 19.9 Å². The summed E-state index contributed by atoms with van der Waals surface area (Å²) < 4.78 is 1.54. The van der Waals surface area contributed by atoms with Gasteiger partial charge in [-0.25, -0.2) is 19.4 Å². The van der Waals surface area contributed by atoms with Crippen molar-refractivity contribution in [2.75, 3.05) is 0 Å². The van der Waals surface area contributed by atoms with E-state index in [1.54, 1.807) is 32.4 Å². The Morgan fingerprint density at radius 1 is 1.46 bits per heavy atom. The van der Waals surface area contributed by atoms with Gasteiger partial charge in [0.25, 0.3) is 5.91 Å². The van der Waals surface area contributed by atoms with Crippen LogP contribution >= 0.6 is 0 Å². The molecule has 2 aromatic heterocycles. The number of carbonyl (C=O) groups is 2. The summed E-state index contributed by atoms with van der Waals surface area (Å²) in [5, 5.41) is 12.2. The van der Waals surface area contributed by atoms with Crippen LogP contribution in [0, 0.1) is 0 Å². The van der Waals surface area contributed by atoms with E-state index in [1.165, 1.54) is 11.0 Å². The van der Waals surface area contributed by atoms with E-state index >= 15 is 0 Å². The number of hydrogen-bond acceptors (Lipinski definition) is 5. The number of aromatic nitrogens is 4. The molecule has 0 unspecified atom stereocenters. The molecule has 24 heavy (non-hydrogen) atoms. The number of carbonyl (C=O) groups excluding carboxylic acids is 2. The molecule has 0 radical (unpaired) electrons. The molecule has 0 aliphatic carbocycles. The van der Waals surface area contributed by atoms with Crippen LogP contribution < -0.4 is 16.0 Å². The third kappa shape index (κ3) is 3.09. The number of hydrogen-bond donors (Lipinski definition) is 3. The maximum Gasteiger partial charge on any atom is 0.319 e. The number of urea groups is 1. The normalized spacial score (nSPS) is 17.2. The Kier molecular flexibility index (Phi) is 4.23. The lowest BCUT2D eigenvalue weighted by Gasteiger charge is -2.25. The Balaban J connectivity index is 1.76. The first kappa shape index (κ1) is 15.7. The largest absolute Gasteiger partial charge is 0.348 e. The molecule has 0 saturated carbocycles. The Hall–Kier alpha value is -3.23. The maximum absolute atomic E-state index is 12.5. The van der Waals surface area contributed by atoms with Gasteiger partial charge in [-0.15, -0.1) is 0 Å². The summed E-state index contributed by atoms with van der Waals surface area (Å²) in [6, 6.07) is 2.98. The van der Waals surface area contributed by atoms with Gasteiger partial charge >= 0.3 is 6.03 Å². The molecule has 3 heterocycles. The van der Waals surface area contributed by atoms with Crippen molar-refractivity contribution in [2.24, 2.45) is 0 Å². The zero-order valence-electron chi connectivity index (χ0n) is 13.3. The van der Waals surface area contributed by atoms with Crippen LogP contribution in [0.2, 0.25) is 0 Å². The molecule has 1 aliphatic heterocycles. The van der Waals surface area contributed by atoms with Gasteiger partial charge < -0.3 is 16.0 Å². The number of rotatable bonds is 4. The predicted octanol–water partition coefficient (Wildman–Crippen LogP) is 0.254. The number of amides is 3. The summed E-state index contributed by atoms with van der Waals surface area (Å²) in [5.41, 5.74) is 1.85. The van der Waals surface area contributed by atoms with Gasteiger partial charge in [-0.2, -0.15) is 5.10 Å². The molecular weight excluding hydrogens is 310 g/mol. The minimum Gasteiger partial charge on any atom is -0.348 e. The van der Waals surface area contributed by atoms with Crippen molar-refractivity contribution >= 4 is 11.9 Å². The van der Waals surface area contributed by atoms with Crippen molar-refractivity contribution < 1.29 is 9.59 Å². The van der Waals surface area contributed by atoms with Crippen molar-refractivity contribution in [2.45, 2.75) is 26.4 Å². The lowest BCUT2D eigenvalue weighted by molar-refractivity contribution is -0.118. The molecular formula is C15H17N7O2. The first-order valence-corrected chi connectivity index (χ1v) is 7.41. The highest BCUT2D eigenvalue weighted by Crippen LogP contribution is 2.13. The van der Waals surface area contributed by atoms with Gasteiger partial charge in [0.1, 0.15) is 12.7 Å². The van der Waals surface area contributed by atoms with Gasteiger partial charge in [0.15, 0.2) is 5.82 Å². The van der Waals surface area contributed by atoms with E-state index in [2.05, 4.69) is 31.0 Å². The van der Waals surface area contributed by atoms with E-state index in [-0.39, 0.29) is 24.5 Å². The average Bonchev–Trinajstić information content (AvgIpc) is 3.06. The van der Waals surface area contributed by atoms with Crippen molar-refractivity contribution in [3.05, 3.63) is 47.8 Å². The number of nitrogens with one attached hydrogen (secondary N) is 3. The second kappa shape index (κ2) is 6.49. The van der Waals surface area contributed by atoms with Crippen molar-refractivity contribution in [1.29, 1.82) is 0 Å². The molecule has 1 atom stereocenters. The van der Waals surface area contributed by atoms with Gasteiger partial charge in [-0.3, -0.25) is 4.79 Å². The Bertz CT molecular complexity index is 798. The zero-order chi connectivity index (χ0) is 17.1. The van der Waals surface area contributed by atoms with Crippen LogP contribution in [0.4, 0.5) is 4.79 Å². The molecule has 3 rings (SSSR count). The van der Waals surface area contributed by atoms with E-state index in [0.29, 0.717) is 17.1 Å². The fraction of sp³-hybridized carbons (Fsp3) is 0.267. The SMILES string of the molecule is CC1=C(C(=O)NCc2cccnc2-n2cncn2)[C@@H](C)NC(=O)N1. The molecule has 3 amide bonds. The summed E-state index contributed by atoms with van der Waals surface area (Å²) in [5.74, 6) is 0.352. The molecule has 0 aromatic carbocycles. The molecule has 9 heteroatoms. The molecule has 9 nitrogen and oxygen atoms in total. The third-order valence-electron chi connectivity index (χ3n) is 3.67. The summed E-state index contributed by atoms with van der Waals surface area (Å²) >= 11 is 0. The van der Waals surface area contributed by atoms with Gasteiger partial charge in [0, 0.05) is 24.0 Å². The Labute approximate surface area is 138 Å². The highest BCUT2D eigenvalue weighted by atomic mass is 16.2. The highest BCUT2D eigenvalue weighted by Gasteiger charge is 2.26. The average molecular weight is 327 g/mol. The molecule has 0 bridgehead atoms. The van der Waals surface area contributed by atoms with Crippen LogP contribution in [-0.2, 0) is 11.3 Å². The van der Waals surface area contributed by atoms with E-state index in [9.17, 15) is 9.59 Å². The quantitative estimate of drug-likeness (QED) is 0.745. The predicted molar refractivity (Wildman–Crippen MR) is 84.8 cm³/mol. The molecule has 1 aliphatic rings.